The minimum absolute atomic E-state index is 0.718. The molecule has 0 aromatic heterocycles. The molecule has 0 saturated carbocycles. The molecule has 1 N–H and O–H groups in total. The predicted molar refractivity (Wildman–Crippen MR) is 98.0 cm³/mol. The number of allylic oxidation sites excluding steroid dienone is 2. The highest BCUT2D eigenvalue weighted by Gasteiger charge is 1.93. The van der Waals surface area contributed by atoms with Crippen LogP contribution in [0.15, 0.2) is 85.0 Å². The Morgan fingerprint density at radius 3 is 1.91 bits per heavy atom. The Morgan fingerprint density at radius 2 is 1.52 bits per heavy atom. The van der Waals surface area contributed by atoms with Gasteiger partial charge in [-0.15, -0.1) is 0 Å². The molecule has 0 bridgehead atoms. The van der Waals surface area contributed by atoms with Crippen LogP contribution >= 0.6 is 0 Å². The van der Waals surface area contributed by atoms with E-state index in [0.717, 1.165) is 17.6 Å². The SMILES string of the molecule is C=Cc1ccccc1.CCC(C=Cc1ccccc1)=CC(=O)O. The Kier molecular flexibility index (Phi) is 8.54. The zero-order valence-corrected chi connectivity index (χ0v) is 13.4. The first-order valence-corrected chi connectivity index (χ1v) is 7.49. The normalized spacial score (nSPS) is 10.7. The molecule has 0 heterocycles. The molecule has 0 spiro atoms. The second kappa shape index (κ2) is 10.8. The Labute approximate surface area is 138 Å². The molecular weight excluding hydrogens is 284 g/mol. The molecule has 0 fully saturated rings. The predicted octanol–water partition coefficient (Wildman–Crippen LogP) is 5.45. The molecule has 0 saturated heterocycles. The number of benzene rings is 2. The molecule has 0 aliphatic carbocycles. The van der Waals surface area contributed by atoms with Crippen LogP contribution in [0.1, 0.15) is 24.5 Å². The van der Waals surface area contributed by atoms with Gasteiger partial charge in [0.15, 0.2) is 0 Å². The third kappa shape index (κ3) is 8.22. The summed E-state index contributed by atoms with van der Waals surface area (Å²) in [7, 11) is 0. The number of carboxylic acids is 1. The van der Waals surface area contributed by atoms with Crippen LogP contribution in [0.5, 0.6) is 0 Å². The van der Waals surface area contributed by atoms with Crippen LogP contribution in [0.2, 0.25) is 0 Å². The van der Waals surface area contributed by atoms with Crippen LogP contribution in [0.3, 0.4) is 0 Å². The molecule has 2 aromatic rings. The molecule has 0 radical (unpaired) electrons. The molecule has 0 atom stereocenters. The van der Waals surface area contributed by atoms with Crippen molar-refractivity contribution in [3.63, 3.8) is 0 Å². The van der Waals surface area contributed by atoms with Gasteiger partial charge in [-0.2, -0.15) is 0 Å². The Bertz CT molecular complexity index is 653. The number of carboxylic acid groups (broad SMARTS) is 1. The van der Waals surface area contributed by atoms with E-state index < -0.39 is 5.97 Å². The van der Waals surface area contributed by atoms with E-state index in [4.69, 9.17) is 5.11 Å². The molecule has 2 heteroatoms. The Balaban J connectivity index is 0.000000277. The monoisotopic (exact) mass is 306 g/mol. The summed E-state index contributed by atoms with van der Waals surface area (Å²) in [5, 5.41) is 8.60. The number of hydrogen-bond acceptors (Lipinski definition) is 1. The average Bonchev–Trinajstić information content (AvgIpc) is 2.60. The molecule has 2 rings (SSSR count). The van der Waals surface area contributed by atoms with Gasteiger partial charge >= 0.3 is 5.97 Å². The third-order valence-electron chi connectivity index (χ3n) is 3.04. The highest BCUT2D eigenvalue weighted by atomic mass is 16.4. The largest absolute Gasteiger partial charge is 0.478 e. The van der Waals surface area contributed by atoms with E-state index in [1.165, 1.54) is 11.6 Å². The van der Waals surface area contributed by atoms with Crippen LogP contribution in [-0.4, -0.2) is 11.1 Å². The van der Waals surface area contributed by atoms with Crippen molar-refractivity contribution in [1.82, 2.24) is 0 Å². The van der Waals surface area contributed by atoms with Gasteiger partial charge in [-0.05, 0) is 23.1 Å². The van der Waals surface area contributed by atoms with Gasteiger partial charge in [0.2, 0.25) is 0 Å². The van der Waals surface area contributed by atoms with Crippen LogP contribution in [0, 0.1) is 0 Å². The van der Waals surface area contributed by atoms with Crippen molar-refractivity contribution in [3.05, 3.63) is 96.1 Å². The van der Waals surface area contributed by atoms with Crippen molar-refractivity contribution >= 4 is 18.1 Å². The van der Waals surface area contributed by atoms with Gasteiger partial charge in [-0.3, -0.25) is 0 Å². The van der Waals surface area contributed by atoms with E-state index in [9.17, 15) is 4.79 Å². The molecule has 23 heavy (non-hydrogen) atoms. The Morgan fingerprint density at radius 1 is 1.00 bits per heavy atom. The van der Waals surface area contributed by atoms with E-state index >= 15 is 0 Å². The van der Waals surface area contributed by atoms with E-state index in [1.54, 1.807) is 0 Å². The summed E-state index contributed by atoms with van der Waals surface area (Å²) < 4.78 is 0. The summed E-state index contributed by atoms with van der Waals surface area (Å²) in [5.41, 5.74) is 3.06. The van der Waals surface area contributed by atoms with E-state index in [2.05, 4.69) is 6.58 Å². The lowest BCUT2D eigenvalue weighted by molar-refractivity contribution is -0.131. The molecule has 2 aromatic carbocycles. The second-order valence-electron chi connectivity index (χ2n) is 4.77. The van der Waals surface area contributed by atoms with Crippen molar-refractivity contribution in [1.29, 1.82) is 0 Å². The van der Waals surface area contributed by atoms with Gasteiger partial charge in [-0.25, -0.2) is 4.79 Å². The van der Waals surface area contributed by atoms with Gasteiger partial charge in [0.25, 0.3) is 0 Å². The minimum Gasteiger partial charge on any atom is -0.478 e. The quantitative estimate of drug-likeness (QED) is 0.589. The third-order valence-corrected chi connectivity index (χ3v) is 3.04. The maximum atomic E-state index is 10.5. The summed E-state index contributed by atoms with van der Waals surface area (Å²) in [6, 6.07) is 19.8. The van der Waals surface area contributed by atoms with Gasteiger partial charge in [0.05, 0.1) is 0 Å². The molecule has 0 aliphatic heterocycles. The summed E-state index contributed by atoms with van der Waals surface area (Å²) >= 11 is 0. The van der Waals surface area contributed by atoms with Crippen molar-refractivity contribution in [3.8, 4) is 0 Å². The van der Waals surface area contributed by atoms with Crippen molar-refractivity contribution in [2.24, 2.45) is 0 Å². The number of hydrogen-bond donors (Lipinski definition) is 1. The molecule has 0 unspecified atom stereocenters. The number of carbonyl (C=O) groups is 1. The first-order chi connectivity index (χ1) is 11.2. The highest BCUT2D eigenvalue weighted by Crippen LogP contribution is 2.07. The zero-order chi connectivity index (χ0) is 16.9. The average molecular weight is 306 g/mol. The van der Waals surface area contributed by atoms with Crippen molar-refractivity contribution in [2.75, 3.05) is 0 Å². The van der Waals surface area contributed by atoms with Crippen LogP contribution < -0.4 is 0 Å². The van der Waals surface area contributed by atoms with Crippen molar-refractivity contribution in [2.45, 2.75) is 13.3 Å². The molecule has 0 aliphatic rings. The summed E-state index contributed by atoms with van der Waals surface area (Å²) in [4.78, 5) is 10.5. The van der Waals surface area contributed by atoms with E-state index in [0.29, 0.717) is 0 Å². The van der Waals surface area contributed by atoms with Gasteiger partial charge in [0, 0.05) is 6.08 Å². The summed E-state index contributed by atoms with van der Waals surface area (Å²) in [5.74, 6) is -0.899. The maximum absolute atomic E-state index is 10.5. The lowest BCUT2D eigenvalue weighted by Gasteiger charge is -1.95. The van der Waals surface area contributed by atoms with Crippen LogP contribution in [0.25, 0.3) is 12.2 Å². The summed E-state index contributed by atoms with van der Waals surface area (Å²) in [6.45, 7) is 5.57. The van der Waals surface area contributed by atoms with E-state index in [-0.39, 0.29) is 0 Å². The molecule has 2 nitrogen and oxygen atoms in total. The molecule has 0 amide bonds. The lowest BCUT2D eigenvalue weighted by atomic mass is 10.1. The fourth-order valence-corrected chi connectivity index (χ4v) is 1.78. The second-order valence-corrected chi connectivity index (χ2v) is 4.77. The highest BCUT2D eigenvalue weighted by molar-refractivity contribution is 5.81. The first kappa shape index (κ1) is 18.2. The minimum atomic E-state index is -0.899. The van der Waals surface area contributed by atoms with Crippen LogP contribution in [0.4, 0.5) is 0 Å². The maximum Gasteiger partial charge on any atom is 0.328 e. The summed E-state index contributed by atoms with van der Waals surface area (Å²) in [6.07, 6.45) is 7.54. The van der Waals surface area contributed by atoms with Crippen molar-refractivity contribution < 1.29 is 9.90 Å². The zero-order valence-electron chi connectivity index (χ0n) is 13.4. The standard InChI is InChI=1S/C13H14O2.C8H8/c1-2-11(10-13(14)15)8-9-12-6-4-3-5-7-12;1-2-8-6-4-3-5-7-8/h3-10H,2H2,1H3,(H,14,15);2-7H,1H2. The topological polar surface area (TPSA) is 37.3 Å². The fourth-order valence-electron chi connectivity index (χ4n) is 1.78. The number of aliphatic carboxylic acids is 1. The smallest absolute Gasteiger partial charge is 0.328 e. The lowest BCUT2D eigenvalue weighted by Crippen LogP contribution is -1.89. The first-order valence-electron chi connectivity index (χ1n) is 7.49. The van der Waals surface area contributed by atoms with Gasteiger partial charge in [-0.1, -0.05) is 92.4 Å². The Hall–Kier alpha value is -2.87. The molecular formula is C21H22O2. The molecule has 118 valence electrons. The van der Waals surface area contributed by atoms with Crippen LogP contribution in [-0.2, 0) is 4.79 Å². The number of rotatable bonds is 5. The fraction of sp³-hybridized carbons (Fsp3) is 0.0952. The van der Waals surface area contributed by atoms with Gasteiger partial charge in [0.1, 0.15) is 0 Å². The van der Waals surface area contributed by atoms with E-state index in [1.807, 2.05) is 85.8 Å². The van der Waals surface area contributed by atoms with Gasteiger partial charge < -0.3 is 5.11 Å².